The van der Waals surface area contributed by atoms with Gasteiger partial charge in [0.2, 0.25) is 5.91 Å². The monoisotopic (exact) mass is 235 g/mol. The zero-order valence-corrected chi connectivity index (χ0v) is 9.80. The third-order valence-electron chi connectivity index (χ3n) is 1.62. The summed E-state index contributed by atoms with van der Waals surface area (Å²) in [4.78, 5) is 21.3. The van der Waals surface area contributed by atoms with Crippen LogP contribution in [-0.2, 0) is 20.4 Å². The van der Waals surface area contributed by atoms with Crippen molar-refractivity contribution in [1.29, 1.82) is 0 Å². The minimum absolute atomic E-state index is 0.232. The van der Waals surface area contributed by atoms with Gasteiger partial charge in [0, 0.05) is 17.3 Å². The average Bonchev–Trinajstić information content (AvgIpc) is 2.00. The van der Waals surface area contributed by atoms with Crippen LogP contribution in [0.25, 0.3) is 0 Å². The third kappa shape index (κ3) is 9.40. The second-order valence-corrected chi connectivity index (χ2v) is 5.11. The maximum Gasteiger partial charge on any atom is 0.316 e. The van der Waals surface area contributed by atoms with Crippen molar-refractivity contribution < 1.29 is 18.9 Å². The van der Waals surface area contributed by atoms with Gasteiger partial charge in [-0.05, 0) is 12.3 Å². The van der Waals surface area contributed by atoms with Crippen LogP contribution in [0.5, 0.6) is 0 Å². The number of carboxylic acids is 1. The molecule has 0 spiro atoms. The van der Waals surface area contributed by atoms with E-state index in [1.54, 1.807) is 0 Å². The standard InChI is InChI=1S/C9H17NO4S/c1-7(2)3-4-10-8(11)5-15(14)6-9(12)13/h7H,3-6H2,1-2H3,(H,10,11)(H,12,13). The molecular formula is C9H17NO4S. The molecule has 1 amide bonds. The number of rotatable bonds is 7. The van der Waals surface area contributed by atoms with Gasteiger partial charge in [-0.2, -0.15) is 0 Å². The molecule has 0 aromatic rings. The first-order valence-electron chi connectivity index (χ1n) is 4.75. The topological polar surface area (TPSA) is 83.5 Å². The number of aliphatic carboxylic acids is 1. The Morgan fingerprint density at radius 3 is 2.40 bits per heavy atom. The van der Waals surface area contributed by atoms with Gasteiger partial charge in [0.1, 0.15) is 11.5 Å². The molecule has 88 valence electrons. The molecule has 0 aliphatic heterocycles. The van der Waals surface area contributed by atoms with Gasteiger partial charge in [0.15, 0.2) is 0 Å². The van der Waals surface area contributed by atoms with Crippen molar-refractivity contribution in [3.63, 3.8) is 0 Å². The Morgan fingerprint density at radius 1 is 1.33 bits per heavy atom. The fraction of sp³-hybridized carbons (Fsp3) is 0.778. The highest BCUT2D eigenvalue weighted by Crippen LogP contribution is 1.96. The summed E-state index contributed by atoms with van der Waals surface area (Å²) in [6.07, 6.45) is 0.858. The summed E-state index contributed by atoms with van der Waals surface area (Å²) in [6, 6.07) is 0. The van der Waals surface area contributed by atoms with Crippen LogP contribution in [0.2, 0.25) is 0 Å². The van der Waals surface area contributed by atoms with Crippen molar-refractivity contribution >= 4 is 22.7 Å². The lowest BCUT2D eigenvalue weighted by molar-refractivity contribution is -0.133. The normalized spacial score (nSPS) is 12.5. The van der Waals surface area contributed by atoms with Crippen LogP contribution in [0.4, 0.5) is 0 Å². The number of carbonyl (C=O) groups is 2. The van der Waals surface area contributed by atoms with E-state index in [-0.39, 0.29) is 11.7 Å². The molecule has 15 heavy (non-hydrogen) atoms. The van der Waals surface area contributed by atoms with Gasteiger partial charge in [0.25, 0.3) is 0 Å². The van der Waals surface area contributed by atoms with E-state index in [1.165, 1.54) is 0 Å². The lowest BCUT2D eigenvalue weighted by atomic mass is 10.1. The lowest BCUT2D eigenvalue weighted by Gasteiger charge is -2.06. The van der Waals surface area contributed by atoms with E-state index in [4.69, 9.17) is 5.11 Å². The summed E-state index contributed by atoms with van der Waals surface area (Å²) in [5.41, 5.74) is 0. The lowest BCUT2D eigenvalue weighted by Crippen LogP contribution is -2.31. The molecule has 0 aliphatic carbocycles. The number of carboxylic acid groups (broad SMARTS) is 1. The highest BCUT2D eigenvalue weighted by Gasteiger charge is 2.10. The Bertz CT molecular complexity index is 252. The number of amides is 1. The molecule has 0 fully saturated rings. The highest BCUT2D eigenvalue weighted by molar-refractivity contribution is 7.86. The molecule has 6 heteroatoms. The predicted octanol–water partition coefficient (Wildman–Crippen LogP) is -0.0180. The minimum Gasteiger partial charge on any atom is -0.481 e. The number of carbonyl (C=O) groups excluding carboxylic acids is 1. The summed E-state index contributed by atoms with van der Waals surface area (Å²) in [5.74, 6) is -1.71. The van der Waals surface area contributed by atoms with Crippen molar-refractivity contribution in [3.05, 3.63) is 0 Å². The molecule has 0 aliphatic rings. The van der Waals surface area contributed by atoms with E-state index in [2.05, 4.69) is 5.32 Å². The smallest absolute Gasteiger partial charge is 0.316 e. The van der Waals surface area contributed by atoms with Crippen molar-refractivity contribution in [2.24, 2.45) is 5.92 Å². The van der Waals surface area contributed by atoms with Crippen LogP contribution in [0.1, 0.15) is 20.3 Å². The summed E-state index contributed by atoms with van der Waals surface area (Å²) >= 11 is 0. The van der Waals surface area contributed by atoms with Gasteiger partial charge in [-0.1, -0.05) is 13.8 Å². The van der Waals surface area contributed by atoms with Crippen LogP contribution in [-0.4, -0.2) is 39.2 Å². The van der Waals surface area contributed by atoms with Crippen molar-refractivity contribution in [2.75, 3.05) is 18.1 Å². The molecule has 2 N–H and O–H groups in total. The molecule has 0 aromatic carbocycles. The van der Waals surface area contributed by atoms with Gasteiger partial charge in [-0.25, -0.2) is 0 Å². The number of hydrogen-bond donors (Lipinski definition) is 2. The molecule has 0 saturated heterocycles. The summed E-state index contributed by atoms with van der Waals surface area (Å²) in [5, 5.41) is 10.9. The van der Waals surface area contributed by atoms with E-state index in [1.807, 2.05) is 13.8 Å². The Labute approximate surface area is 91.7 Å². The minimum atomic E-state index is -1.61. The summed E-state index contributed by atoms with van der Waals surface area (Å²) in [6.45, 7) is 4.62. The summed E-state index contributed by atoms with van der Waals surface area (Å²) in [7, 11) is -1.61. The maximum absolute atomic E-state index is 11.1. The zero-order valence-electron chi connectivity index (χ0n) is 8.99. The Kier molecular flexibility index (Phi) is 6.94. The van der Waals surface area contributed by atoms with E-state index in [0.717, 1.165) is 6.42 Å². The fourth-order valence-electron chi connectivity index (χ4n) is 0.886. The van der Waals surface area contributed by atoms with Crippen LogP contribution in [0, 0.1) is 5.92 Å². The molecule has 0 radical (unpaired) electrons. The number of hydrogen-bond acceptors (Lipinski definition) is 3. The molecule has 0 heterocycles. The first kappa shape index (κ1) is 14.1. The van der Waals surface area contributed by atoms with E-state index < -0.39 is 22.5 Å². The van der Waals surface area contributed by atoms with E-state index >= 15 is 0 Å². The molecule has 0 aromatic heterocycles. The van der Waals surface area contributed by atoms with Crippen LogP contribution in [0.3, 0.4) is 0 Å². The molecular weight excluding hydrogens is 218 g/mol. The molecule has 0 saturated carbocycles. The quantitative estimate of drug-likeness (QED) is 0.649. The first-order chi connectivity index (χ1) is 6.91. The molecule has 1 unspecified atom stereocenters. The predicted molar refractivity (Wildman–Crippen MR) is 58.0 cm³/mol. The Morgan fingerprint density at radius 2 is 1.93 bits per heavy atom. The van der Waals surface area contributed by atoms with Crippen molar-refractivity contribution in [3.8, 4) is 0 Å². The first-order valence-corrected chi connectivity index (χ1v) is 6.24. The molecule has 5 nitrogen and oxygen atoms in total. The number of nitrogens with one attached hydrogen (secondary N) is 1. The molecule has 1 atom stereocenters. The molecule has 0 bridgehead atoms. The van der Waals surface area contributed by atoms with E-state index in [0.29, 0.717) is 12.5 Å². The fourth-order valence-corrected chi connectivity index (χ4v) is 1.66. The Hall–Kier alpha value is -0.910. The van der Waals surface area contributed by atoms with Gasteiger partial charge in [-0.3, -0.25) is 13.8 Å². The third-order valence-corrected chi connectivity index (χ3v) is 2.77. The van der Waals surface area contributed by atoms with Gasteiger partial charge in [-0.15, -0.1) is 0 Å². The molecule has 0 rings (SSSR count). The van der Waals surface area contributed by atoms with Crippen molar-refractivity contribution in [1.82, 2.24) is 5.32 Å². The zero-order chi connectivity index (χ0) is 11.8. The second kappa shape index (κ2) is 7.39. The second-order valence-electron chi connectivity index (χ2n) is 3.65. The van der Waals surface area contributed by atoms with Gasteiger partial charge < -0.3 is 10.4 Å². The average molecular weight is 235 g/mol. The van der Waals surface area contributed by atoms with Crippen LogP contribution in [0.15, 0.2) is 0 Å². The SMILES string of the molecule is CC(C)CCNC(=O)CS(=O)CC(=O)O. The maximum atomic E-state index is 11.1. The largest absolute Gasteiger partial charge is 0.481 e. The van der Waals surface area contributed by atoms with E-state index in [9.17, 15) is 13.8 Å². The van der Waals surface area contributed by atoms with Gasteiger partial charge >= 0.3 is 5.97 Å². The highest BCUT2D eigenvalue weighted by atomic mass is 32.2. The van der Waals surface area contributed by atoms with Gasteiger partial charge in [0.05, 0.1) is 0 Å². The van der Waals surface area contributed by atoms with Crippen molar-refractivity contribution in [2.45, 2.75) is 20.3 Å². The summed E-state index contributed by atoms with van der Waals surface area (Å²) < 4.78 is 11.0. The van der Waals surface area contributed by atoms with Crippen LogP contribution >= 0.6 is 0 Å². The Balaban J connectivity index is 3.65. The van der Waals surface area contributed by atoms with Crippen LogP contribution < -0.4 is 5.32 Å².